The Bertz CT molecular complexity index is 1780. The molecule has 8 atom stereocenters. The number of carbonyl (C=O) groups excluding carboxylic acids is 2. The van der Waals surface area contributed by atoms with Crippen LogP contribution in [0.25, 0.3) is 0 Å². The number of hydrogen-bond acceptors (Lipinski definition) is 18. The van der Waals surface area contributed by atoms with E-state index < -0.39 is 69.7 Å². The van der Waals surface area contributed by atoms with E-state index in [1.807, 2.05) is 0 Å². The number of hydrogen-bond donors (Lipinski definition) is 6. The number of nitrogens with zero attached hydrogens (tertiary/aromatic N) is 8. The predicted molar refractivity (Wildman–Crippen MR) is 182 cm³/mol. The molecule has 8 aliphatic rings. The van der Waals surface area contributed by atoms with Crippen molar-refractivity contribution < 1.29 is 45.6 Å². The number of rotatable bonds is 14. The van der Waals surface area contributed by atoms with E-state index in [4.69, 9.17) is 17.4 Å². The molecule has 6 aliphatic heterocycles. The van der Waals surface area contributed by atoms with Gasteiger partial charge in [0, 0.05) is 51.4 Å². The average molecular weight is 791 g/mol. The number of nitrogens with one attached hydrogen (secondary N) is 4. The molecular formula is C32H46N12O10S. The van der Waals surface area contributed by atoms with Crippen LogP contribution in [-0.4, -0.2) is 148 Å². The molecule has 4 amide bonds. The lowest BCUT2D eigenvalue weighted by Gasteiger charge is -2.35. The molecule has 4 unspecified atom stereocenters. The Balaban J connectivity index is 0.803. The summed E-state index contributed by atoms with van der Waals surface area (Å²) in [5.74, 6) is 0.380. The maximum atomic E-state index is 13.8. The molecule has 6 N–H and O–H groups in total. The number of amides is 4. The van der Waals surface area contributed by atoms with Crippen LogP contribution in [0.3, 0.4) is 0 Å². The van der Waals surface area contributed by atoms with Gasteiger partial charge in [0.25, 0.3) is 0 Å². The summed E-state index contributed by atoms with van der Waals surface area (Å²) in [6.07, 6.45) is 3.63. The van der Waals surface area contributed by atoms with Gasteiger partial charge >= 0.3 is 22.5 Å². The van der Waals surface area contributed by atoms with Crippen molar-refractivity contribution in [3.63, 3.8) is 0 Å². The highest BCUT2D eigenvalue weighted by molar-refractivity contribution is 7.81. The zero-order valence-electron chi connectivity index (χ0n) is 30.1. The van der Waals surface area contributed by atoms with Gasteiger partial charge in [0.1, 0.15) is 24.3 Å². The van der Waals surface area contributed by atoms with Crippen molar-refractivity contribution in [2.75, 3.05) is 52.4 Å². The van der Waals surface area contributed by atoms with Crippen LogP contribution >= 0.6 is 0 Å². The van der Waals surface area contributed by atoms with E-state index >= 15 is 0 Å². The molecule has 2 aromatic rings. The quantitative estimate of drug-likeness (QED) is 0.133. The van der Waals surface area contributed by atoms with Crippen LogP contribution in [-0.2, 0) is 19.0 Å². The fourth-order valence-corrected chi connectivity index (χ4v) is 10.3. The van der Waals surface area contributed by atoms with Crippen molar-refractivity contribution in [3.8, 4) is 0 Å². The van der Waals surface area contributed by atoms with E-state index in [0.29, 0.717) is 12.8 Å². The van der Waals surface area contributed by atoms with E-state index in [2.05, 4.69) is 41.7 Å². The van der Waals surface area contributed by atoms with E-state index in [9.17, 15) is 28.2 Å². The van der Waals surface area contributed by atoms with Crippen LogP contribution in [0.4, 0.5) is 9.59 Å². The summed E-state index contributed by atoms with van der Waals surface area (Å²) in [6, 6.07) is -3.41. The number of aliphatic hydroxyl groups is 2. The highest BCUT2D eigenvalue weighted by atomic mass is 32.3. The summed E-state index contributed by atoms with van der Waals surface area (Å²) in [6.45, 7) is 4.21. The second kappa shape index (κ2) is 13.3. The number of urea groups is 2. The summed E-state index contributed by atoms with van der Waals surface area (Å²) >= 11 is 0. The molecule has 0 aromatic carbocycles. The Hall–Kier alpha value is -3.55. The zero-order valence-corrected chi connectivity index (χ0v) is 30.9. The van der Waals surface area contributed by atoms with Crippen LogP contribution in [0.15, 0.2) is 8.83 Å². The van der Waals surface area contributed by atoms with Crippen molar-refractivity contribution in [2.45, 2.75) is 99.8 Å². The smallest absolute Gasteiger partial charge is 0.420 e. The third kappa shape index (κ3) is 6.36. The Morgan fingerprint density at radius 3 is 1.56 bits per heavy atom. The van der Waals surface area contributed by atoms with E-state index in [1.54, 1.807) is 0 Å². The minimum atomic E-state index is -4.98. The van der Waals surface area contributed by atoms with Gasteiger partial charge < -0.3 is 50.1 Å². The van der Waals surface area contributed by atoms with E-state index in [-0.39, 0.29) is 61.8 Å². The fraction of sp³-hybridized carbons (Fsp3) is 0.812. The zero-order chi connectivity index (χ0) is 37.7. The van der Waals surface area contributed by atoms with Crippen molar-refractivity contribution in [3.05, 3.63) is 23.6 Å². The Morgan fingerprint density at radius 1 is 0.745 bits per heavy atom. The largest absolute Gasteiger partial charge is 0.442 e. The standard InChI is InChI=1S/C32H46N12O10S/c45-21(13-35-17-1-7-33-11-17)27-39-37-25(51-27)19-9-31(3-4-31)23-15-41(19)29(47)43(23)53-55(49,50)54-44-24-16-42(30(44)48)20(10-32(24)5-6-32)26-38-40-28(52-26)22(46)14-36-18-2-8-34-12-18/h17-24,33-36,45-46H,1-16H2/t17?,18?,19-,20-,21?,22?,23-,24-/m0/s1. The molecule has 2 aromatic heterocycles. The van der Waals surface area contributed by atoms with Gasteiger partial charge in [0.2, 0.25) is 23.6 Å². The lowest BCUT2D eigenvalue weighted by atomic mass is 9.85. The van der Waals surface area contributed by atoms with Gasteiger partial charge in [0.05, 0.1) is 12.1 Å². The first-order valence-electron chi connectivity index (χ1n) is 19.3. The van der Waals surface area contributed by atoms with Crippen LogP contribution in [0.5, 0.6) is 0 Å². The average Bonchev–Trinajstić information content (AvgIpc) is 3.68. The molecule has 8 fully saturated rings. The number of aliphatic hydroxyl groups excluding tert-OH is 2. The first kappa shape index (κ1) is 35.8. The molecule has 55 heavy (non-hydrogen) atoms. The third-order valence-corrected chi connectivity index (χ3v) is 13.7. The molecule has 0 radical (unpaired) electrons. The molecule has 300 valence electrons. The van der Waals surface area contributed by atoms with Crippen molar-refractivity contribution >= 4 is 22.5 Å². The molecular weight excluding hydrogens is 744 g/mol. The molecule has 4 bridgehead atoms. The molecule has 2 spiro atoms. The Morgan fingerprint density at radius 2 is 1.18 bits per heavy atom. The normalized spacial score (nSPS) is 32.8. The van der Waals surface area contributed by atoms with E-state index in [1.165, 1.54) is 9.80 Å². The van der Waals surface area contributed by atoms with Gasteiger partial charge in [-0.25, -0.2) is 9.59 Å². The molecule has 8 heterocycles. The summed E-state index contributed by atoms with van der Waals surface area (Å²) in [4.78, 5) is 30.5. The monoisotopic (exact) mass is 790 g/mol. The molecule has 6 saturated heterocycles. The van der Waals surface area contributed by atoms with Crippen LogP contribution in [0, 0.1) is 10.8 Å². The van der Waals surface area contributed by atoms with Crippen LogP contribution in [0.1, 0.15) is 99.2 Å². The molecule has 10 rings (SSSR count). The number of fused-ring (bicyclic) bond motifs is 6. The minimum absolute atomic E-state index is 0.0324. The lowest BCUT2D eigenvalue weighted by molar-refractivity contribution is -0.101. The maximum Gasteiger partial charge on any atom is 0.442 e. The van der Waals surface area contributed by atoms with Gasteiger partial charge in [-0.3, -0.25) is 0 Å². The highest BCUT2D eigenvalue weighted by Crippen LogP contribution is 2.63. The topological polar surface area (TPSA) is 266 Å². The van der Waals surface area contributed by atoms with Gasteiger partial charge in [0.15, 0.2) is 0 Å². The first-order chi connectivity index (χ1) is 26.5. The Labute approximate surface area is 315 Å². The Kier molecular flexibility index (Phi) is 8.64. The molecule has 2 aliphatic carbocycles. The minimum Gasteiger partial charge on any atom is -0.420 e. The van der Waals surface area contributed by atoms with Gasteiger partial charge in [-0.2, -0.15) is 18.5 Å². The van der Waals surface area contributed by atoms with Gasteiger partial charge in [-0.15, -0.1) is 29.0 Å². The van der Waals surface area contributed by atoms with Crippen molar-refractivity contribution in [1.29, 1.82) is 0 Å². The van der Waals surface area contributed by atoms with E-state index in [0.717, 1.165) is 74.8 Å². The summed E-state index contributed by atoms with van der Waals surface area (Å²) in [5.41, 5.74) is -0.880. The number of aromatic nitrogens is 4. The predicted octanol–water partition coefficient (Wildman–Crippen LogP) is -1.11. The van der Waals surface area contributed by atoms with Crippen molar-refractivity contribution in [1.82, 2.24) is 61.6 Å². The fourth-order valence-electron chi connectivity index (χ4n) is 9.50. The van der Waals surface area contributed by atoms with Crippen LogP contribution < -0.4 is 21.3 Å². The number of hydroxylamine groups is 4. The molecule has 23 heteroatoms. The van der Waals surface area contributed by atoms with Gasteiger partial charge in [-0.05, 0) is 75.3 Å². The number of carbonyl (C=O) groups is 2. The van der Waals surface area contributed by atoms with Crippen LogP contribution in [0.2, 0.25) is 0 Å². The first-order valence-corrected chi connectivity index (χ1v) is 20.6. The maximum absolute atomic E-state index is 13.8. The number of piperidine rings is 2. The highest BCUT2D eigenvalue weighted by Gasteiger charge is 2.67. The van der Waals surface area contributed by atoms with Crippen molar-refractivity contribution in [2.24, 2.45) is 10.8 Å². The SMILES string of the molecule is O=C1N2C[C@H](N1OS(=O)(=O)ON1C(=O)N3C[C@H]1C1(CC1)C[C@H]3c1nnc(C(O)CNC3CCNC3)o1)C1(CC1)C[C@H]2c1nnc(C(O)CNC2CCNC2)o1. The summed E-state index contributed by atoms with van der Waals surface area (Å²) in [7, 11) is -4.98. The third-order valence-electron chi connectivity index (χ3n) is 13.0. The van der Waals surface area contributed by atoms with Gasteiger partial charge in [-0.1, -0.05) is 0 Å². The molecule has 22 nitrogen and oxygen atoms in total. The summed E-state index contributed by atoms with van der Waals surface area (Å²) in [5, 5.41) is 52.7. The lowest BCUT2D eigenvalue weighted by Crippen LogP contribution is -2.45. The molecule has 2 saturated carbocycles. The summed E-state index contributed by atoms with van der Waals surface area (Å²) < 4.78 is 49.9. The second-order valence-corrected chi connectivity index (χ2v) is 17.6. The second-order valence-electron chi connectivity index (χ2n) is 16.5.